The molecule has 0 bridgehead atoms. The number of nitrogens with zero attached hydrogens (tertiary/aromatic N) is 3. The highest BCUT2D eigenvalue weighted by Crippen LogP contribution is 2.19. The Morgan fingerprint density at radius 2 is 1.77 bits per heavy atom. The zero-order valence-electron chi connectivity index (χ0n) is 15.0. The zero-order valence-corrected chi connectivity index (χ0v) is 15.8. The van der Waals surface area contributed by atoms with Crippen LogP contribution in [0.15, 0.2) is 57.9 Å². The molecule has 0 fully saturated rings. The maximum atomic E-state index is 12.7. The molecule has 0 amide bonds. The number of likely N-dealkylation sites (N-methyl/N-ethyl adjacent to an activating group) is 1. The molecule has 3 aromatic rings. The molecular formula is C19H21N3O3S. The number of aromatic nitrogens is 2. The van der Waals surface area contributed by atoms with Crippen molar-refractivity contribution < 1.29 is 12.9 Å². The molecule has 3 rings (SSSR count). The maximum Gasteiger partial charge on any atom is 0.257 e. The van der Waals surface area contributed by atoms with E-state index in [1.807, 2.05) is 50.2 Å². The Kier molecular flexibility index (Phi) is 5.20. The first kappa shape index (κ1) is 18.3. The summed E-state index contributed by atoms with van der Waals surface area (Å²) in [5.41, 5.74) is 2.85. The smallest absolute Gasteiger partial charge is 0.257 e. The van der Waals surface area contributed by atoms with Gasteiger partial charge in [-0.3, -0.25) is 0 Å². The minimum Gasteiger partial charge on any atom is -0.334 e. The fourth-order valence-corrected chi connectivity index (χ4v) is 3.74. The molecule has 0 radical (unpaired) electrons. The van der Waals surface area contributed by atoms with E-state index in [0.29, 0.717) is 23.0 Å². The van der Waals surface area contributed by atoms with Crippen molar-refractivity contribution in [1.29, 1.82) is 0 Å². The molecule has 0 spiro atoms. The van der Waals surface area contributed by atoms with Gasteiger partial charge in [0.15, 0.2) is 5.82 Å². The monoisotopic (exact) mass is 371 g/mol. The first-order valence-corrected chi connectivity index (χ1v) is 9.73. The number of sulfonamides is 1. The summed E-state index contributed by atoms with van der Waals surface area (Å²) in [6.07, 6.45) is 0.372. The second-order valence-electron chi connectivity index (χ2n) is 6.20. The van der Waals surface area contributed by atoms with Gasteiger partial charge in [0.05, 0.1) is 4.90 Å². The Balaban J connectivity index is 1.69. The molecular weight excluding hydrogens is 350 g/mol. The molecule has 6 nitrogen and oxygen atoms in total. The van der Waals surface area contributed by atoms with E-state index in [1.54, 1.807) is 19.2 Å². The lowest BCUT2D eigenvalue weighted by molar-refractivity contribution is 0.415. The van der Waals surface area contributed by atoms with Crippen LogP contribution in [0.1, 0.15) is 17.0 Å². The van der Waals surface area contributed by atoms with Crippen molar-refractivity contribution in [2.75, 3.05) is 13.6 Å². The third kappa shape index (κ3) is 3.84. The molecule has 0 N–H and O–H groups in total. The fourth-order valence-electron chi connectivity index (χ4n) is 2.49. The summed E-state index contributed by atoms with van der Waals surface area (Å²) >= 11 is 0. The molecule has 7 heteroatoms. The molecule has 0 saturated heterocycles. The largest absolute Gasteiger partial charge is 0.334 e. The summed E-state index contributed by atoms with van der Waals surface area (Å²) < 4.78 is 32.0. The van der Waals surface area contributed by atoms with Crippen molar-refractivity contribution in [2.45, 2.75) is 25.2 Å². The van der Waals surface area contributed by atoms with Crippen molar-refractivity contribution in [3.63, 3.8) is 0 Å². The van der Waals surface area contributed by atoms with Crippen molar-refractivity contribution in [1.82, 2.24) is 14.4 Å². The number of hydrogen-bond donors (Lipinski definition) is 0. The fraction of sp³-hybridized carbons (Fsp3) is 0.263. The topological polar surface area (TPSA) is 76.3 Å². The molecule has 26 heavy (non-hydrogen) atoms. The predicted molar refractivity (Wildman–Crippen MR) is 99.2 cm³/mol. The van der Waals surface area contributed by atoms with Gasteiger partial charge < -0.3 is 4.52 Å². The van der Waals surface area contributed by atoms with Gasteiger partial charge in [-0.2, -0.15) is 4.98 Å². The van der Waals surface area contributed by atoms with Gasteiger partial charge in [-0.05, 0) is 49.2 Å². The van der Waals surface area contributed by atoms with Gasteiger partial charge in [0, 0.05) is 25.6 Å². The lowest BCUT2D eigenvalue weighted by Gasteiger charge is -2.17. The van der Waals surface area contributed by atoms with Crippen LogP contribution < -0.4 is 0 Å². The Hall–Kier alpha value is -2.51. The average molecular weight is 371 g/mol. The van der Waals surface area contributed by atoms with Gasteiger partial charge in [-0.25, -0.2) is 12.7 Å². The van der Waals surface area contributed by atoms with Crippen LogP contribution >= 0.6 is 0 Å². The molecule has 0 unspecified atom stereocenters. The Morgan fingerprint density at radius 3 is 2.46 bits per heavy atom. The van der Waals surface area contributed by atoms with E-state index in [1.165, 1.54) is 4.31 Å². The summed E-state index contributed by atoms with van der Waals surface area (Å²) in [6.45, 7) is 4.12. The molecule has 0 saturated carbocycles. The number of aryl methyl sites for hydroxylation is 2. The summed E-state index contributed by atoms with van der Waals surface area (Å²) in [6, 6.07) is 14.6. The maximum absolute atomic E-state index is 12.7. The van der Waals surface area contributed by atoms with E-state index < -0.39 is 10.0 Å². The molecule has 0 atom stereocenters. The van der Waals surface area contributed by atoms with Gasteiger partial charge >= 0.3 is 0 Å². The highest BCUT2D eigenvalue weighted by atomic mass is 32.2. The second-order valence-corrected chi connectivity index (χ2v) is 8.25. The number of rotatable bonds is 6. The third-order valence-electron chi connectivity index (χ3n) is 4.33. The van der Waals surface area contributed by atoms with Crippen LogP contribution in [0, 0.1) is 13.8 Å². The summed E-state index contributed by atoms with van der Waals surface area (Å²) in [4.78, 5) is 4.63. The number of benzene rings is 2. The first-order valence-electron chi connectivity index (χ1n) is 8.29. The molecule has 1 heterocycles. The van der Waals surface area contributed by atoms with Crippen molar-refractivity contribution in [2.24, 2.45) is 0 Å². The van der Waals surface area contributed by atoms with Gasteiger partial charge in [-0.1, -0.05) is 29.4 Å². The van der Waals surface area contributed by atoms with Crippen LogP contribution in [0.5, 0.6) is 0 Å². The lowest BCUT2D eigenvalue weighted by Crippen LogP contribution is -2.29. The minimum absolute atomic E-state index is 0.267. The molecule has 136 valence electrons. The van der Waals surface area contributed by atoms with E-state index in [-0.39, 0.29) is 6.54 Å². The van der Waals surface area contributed by atoms with E-state index >= 15 is 0 Å². The van der Waals surface area contributed by atoms with Crippen LogP contribution in [0.2, 0.25) is 0 Å². The van der Waals surface area contributed by atoms with E-state index in [9.17, 15) is 8.42 Å². The summed E-state index contributed by atoms with van der Waals surface area (Å²) in [5, 5.41) is 3.94. The zero-order chi connectivity index (χ0) is 18.7. The third-order valence-corrected chi connectivity index (χ3v) is 6.18. The van der Waals surface area contributed by atoms with Crippen LogP contribution in [0.4, 0.5) is 0 Å². The normalized spacial score (nSPS) is 11.8. The lowest BCUT2D eigenvalue weighted by atomic mass is 10.1. The van der Waals surface area contributed by atoms with E-state index in [2.05, 4.69) is 10.1 Å². The van der Waals surface area contributed by atoms with E-state index in [4.69, 9.17) is 4.52 Å². The average Bonchev–Trinajstić information content (AvgIpc) is 3.11. The predicted octanol–water partition coefficient (Wildman–Crippen LogP) is 3.22. The van der Waals surface area contributed by atoms with Gasteiger partial charge in [-0.15, -0.1) is 0 Å². The second kappa shape index (κ2) is 7.39. The van der Waals surface area contributed by atoms with Crippen LogP contribution in [-0.2, 0) is 16.4 Å². The van der Waals surface area contributed by atoms with Crippen LogP contribution in [0.3, 0.4) is 0 Å². The van der Waals surface area contributed by atoms with Crippen LogP contribution in [0.25, 0.3) is 11.5 Å². The molecule has 0 aliphatic heterocycles. The number of hydrogen-bond acceptors (Lipinski definition) is 5. The van der Waals surface area contributed by atoms with Crippen molar-refractivity contribution >= 4 is 10.0 Å². The van der Waals surface area contributed by atoms with Gasteiger partial charge in [0.2, 0.25) is 10.0 Å². The Bertz CT molecular complexity index is 998. The highest BCUT2D eigenvalue weighted by molar-refractivity contribution is 7.89. The molecule has 0 aliphatic rings. The molecule has 1 aromatic heterocycles. The Labute approximate surface area is 153 Å². The summed E-state index contributed by atoms with van der Waals surface area (Å²) in [7, 11) is -1.99. The van der Waals surface area contributed by atoms with Crippen molar-refractivity contribution in [3.05, 3.63) is 65.5 Å². The van der Waals surface area contributed by atoms with Crippen LogP contribution in [-0.4, -0.2) is 36.5 Å². The minimum atomic E-state index is -3.55. The molecule has 2 aromatic carbocycles. The quantitative estimate of drug-likeness (QED) is 0.665. The first-order chi connectivity index (χ1) is 12.4. The SMILES string of the molecule is Cc1ccc(S(=O)(=O)N(C)CCc2noc(-c3ccccc3)n2)cc1C. The standard InChI is InChI=1S/C19H21N3O3S/c1-14-9-10-17(13-15(14)2)26(23,24)22(3)12-11-18-20-19(25-21-18)16-7-5-4-6-8-16/h4-10,13H,11-12H2,1-3H3. The van der Waals surface area contributed by atoms with Gasteiger partial charge in [0.1, 0.15) is 0 Å². The van der Waals surface area contributed by atoms with Crippen molar-refractivity contribution in [3.8, 4) is 11.5 Å². The summed E-state index contributed by atoms with van der Waals surface area (Å²) in [5.74, 6) is 0.909. The molecule has 0 aliphatic carbocycles. The van der Waals surface area contributed by atoms with E-state index in [0.717, 1.165) is 16.7 Å². The van der Waals surface area contributed by atoms with Gasteiger partial charge in [0.25, 0.3) is 5.89 Å². The Morgan fingerprint density at radius 1 is 1.04 bits per heavy atom. The highest BCUT2D eigenvalue weighted by Gasteiger charge is 2.21.